The number of rotatable bonds is 5. The summed E-state index contributed by atoms with van der Waals surface area (Å²) in [5, 5.41) is 0. The number of carbonyl (C=O) groups is 1. The third-order valence-electron chi connectivity index (χ3n) is 2.60. The van der Waals surface area contributed by atoms with E-state index in [0.29, 0.717) is 30.2 Å². The zero-order valence-corrected chi connectivity index (χ0v) is 10.5. The first-order valence-electron chi connectivity index (χ1n) is 5.80. The van der Waals surface area contributed by atoms with Gasteiger partial charge in [-0.05, 0) is 19.1 Å². The van der Waals surface area contributed by atoms with Gasteiger partial charge in [0.05, 0.1) is 12.3 Å². The number of ether oxygens (including phenoxy) is 1. The molecule has 94 valence electrons. The molecule has 0 aliphatic heterocycles. The fraction of sp³-hybridized carbons (Fsp3) is 0.286. The van der Waals surface area contributed by atoms with Gasteiger partial charge in [-0.1, -0.05) is 12.1 Å². The summed E-state index contributed by atoms with van der Waals surface area (Å²) in [5.41, 5.74) is 1.53. The molecule has 4 heteroatoms. The fourth-order valence-corrected chi connectivity index (χ4v) is 1.75. The van der Waals surface area contributed by atoms with Gasteiger partial charge >= 0.3 is 0 Å². The van der Waals surface area contributed by atoms with Crippen molar-refractivity contribution in [3.05, 3.63) is 47.2 Å². The first kappa shape index (κ1) is 12.4. The molecule has 1 aromatic carbocycles. The van der Waals surface area contributed by atoms with Crippen LogP contribution in [-0.2, 0) is 6.42 Å². The molecule has 0 saturated heterocycles. The molecule has 0 aliphatic carbocycles. The Hall–Kier alpha value is -2.10. The van der Waals surface area contributed by atoms with Crippen LogP contribution in [0.1, 0.15) is 27.7 Å². The van der Waals surface area contributed by atoms with E-state index in [4.69, 9.17) is 9.15 Å². The number of benzene rings is 1. The number of oxazole rings is 1. The van der Waals surface area contributed by atoms with Crippen molar-refractivity contribution in [2.24, 2.45) is 0 Å². The fourth-order valence-electron chi connectivity index (χ4n) is 1.75. The van der Waals surface area contributed by atoms with Crippen molar-refractivity contribution in [1.82, 2.24) is 4.98 Å². The average molecular weight is 245 g/mol. The highest BCUT2D eigenvalue weighted by atomic mass is 16.5. The molecule has 0 bridgehead atoms. The summed E-state index contributed by atoms with van der Waals surface area (Å²) in [6.45, 7) is 4.22. The maximum Gasteiger partial charge on any atom is 0.191 e. The van der Waals surface area contributed by atoms with Crippen molar-refractivity contribution in [3.8, 4) is 5.75 Å². The summed E-state index contributed by atoms with van der Waals surface area (Å²) in [4.78, 5) is 14.9. The molecule has 0 atom stereocenters. The lowest BCUT2D eigenvalue weighted by Crippen LogP contribution is -2.03. The van der Waals surface area contributed by atoms with E-state index in [-0.39, 0.29) is 0 Å². The molecule has 0 unspecified atom stereocenters. The van der Waals surface area contributed by atoms with E-state index < -0.39 is 0 Å². The topological polar surface area (TPSA) is 52.3 Å². The van der Waals surface area contributed by atoms with Crippen LogP contribution < -0.4 is 4.74 Å². The Morgan fingerprint density at radius 3 is 2.89 bits per heavy atom. The second-order valence-electron chi connectivity index (χ2n) is 4.02. The number of aldehydes is 1. The van der Waals surface area contributed by atoms with Gasteiger partial charge in [-0.25, -0.2) is 4.98 Å². The highest BCUT2D eigenvalue weighted by Gasteiger charge is 2.06. The second kappa shape index (κ2) is 5.49. The lowest BCUT2D eigenvalue weighted by atomic mass is 10.2. The Morgan fingerprint density at radius 2 is 2.22 bits per heavy atom. The minimum Gasteiger partial charge on any atom is -0.493 e. The van der Waals surface area contributed by atoms with Gasteiger partial charge in [-0.3, -0.25) is 4.79 Å². The number of hydrogen-bond acceptors (Lipinski definition) is 4. The average Bonchev–Trinajstić information content (AvgIpc) is 2.68. The van der Waals surface area contributed by atoms with Crippen molar-refractivity contribution in [2.45, 2.75) is 20.3 Å². The van der Waals surface area contributed by atoms with Crippen molar-refractivity contribution in [1.29, 1.82) is 0 Å². The zero-order chi connectivity index (χ0) is 13.0. The van der Waals surface area contributed by atoms with Crippen molar-refractivity contribution in [3.63, 3.8) is 0 Å². The van der Waals surface area contributed by atoms with Crippen LogP contribution in [-0.4, -0.2) is 17.9 Å². The van der Waals surface area contributed by atoms with Crippen LogP contribution in [0.3, 0.4) is 0 Å². The van der Waals surface area contributed by atoms with Crippen LogP contribution in [0, 0.1) is 13.8 Å². The maximum absolute atomic E-state index is 10.6. The van der Waals surface area contributed by atoms with E-state index in [9.17, 15) is 4.79 Å². The van der Waals surface area contributed by atoms with Gasteiger partial charge in [-0.15, -0.1) is 0 Å². The normalized spacial score (nSPS) is 10.3. The highest BCUT2D eigenvalue weighted by Crippen LogP contribution is 2.14. The molecule has 4 nitrogen and oxygen atoms in total. The van der Waals surface area contributed by atoms with Gasteiger partial charge in [-0.2, -0.15) is 0 Å². The zero-order valence-electron chi connectivity index (χ0n) is 10.5. The summed E-state index contributed by atoms with van der Waals surface area (Å²) in [5.74, 6) is 2.20. The quantitative estimate of drug-likeness (QED) is 0.760. The van der Waals surface area contributed by atoms with Crippen molar-refractivity contribution < 1.29 is 13.9 Å². The highest BCUT2D eigenvalue weighted by molar-refractivity contribution is 5.75. The number of hydrogen-bond donors (Lipinski definition) is 0. The van der Waals surface area contributed by atoms with Gasteiger partial charge in [0.1, 0.15) is 17.8 Å². The first-order chi connectivity index (χ1) is 8.69. The van der Waals surface area contributed by atoms with Crippen LogP contribution in [0.4, 0.5) is 0 Å². The SMILES string of the molecule is Cc1nc(CCOc2cccc(C=O)c2)c(C)o1. The number of aromatic nitrogens is 1. The van der Waals surface area contributed by atoms with Crippen molar-refractivity contribution >= 4 is 6.29 Å². The molecule has 0 radical (unpaired) electrons. The molecular formula is C14H15NO3. The van der Waals surface area contributed by atoms with Crippen LogP contribution in [0.2, 0.25) is 0 Å². The molecule has 0 aliphatic rings. The smallest absolute Gasteiger partial charge is 0.191 e. The predicted molar refractivity (Wildman–Crippen MR) is 67.0 cm³/mol. The van der Waals surface area contributed by atoms with Crippen LogP contribution >= 0.6 is 0 Å². The third kappa shape index (κ3) is 2.97. The molecule has 0 amide bonds. The van der Waals surface area contributed by atoms with Gasteiger partial charge in [0.25, 0.3) is 0 Å². The van der Waals surface area contributed by atoms with E-state index >= 15 is 0 Å². The Balaban J connectivity index is 1.92. The van der Waals surface area contributed by atoms with Crippen molar-refractivity contribution in [2.75, 3.05) is 6.61 Å². The summed E-state index contributed by atoms with van der Waals surface area (Å²) in [6.07, 6.45) is 1.49. The number of aryl methyl sites for hydroxylation is 2. The lowest BCUT2D eigenvalue weighted by molar-refractivity contribution is 0.112. The standard InChI is InChI=1S/C14H15NO3/c1-10-14(15-11(2)18-10)6-7-17-13-5-3-4-12(8-13)9-16/h3-5,8-9H,6-7H2,1-2H3. The third-order valence-corrected chi connectivity index (χ3v) is 2.60. The van der Waals surface area contributed by atoms with Gasteiger partial charge < -0.3 is 9.15 Å². The van der Waals surface area contributed by atoms with Crippen LogP contribution in [0.15, 0.2) is 28.7 Å². The summed E-state index contributed by atoms with van der Waals surface area (Å²) in [7, 11) is 0. The molecule has 1 heterocycles. The maximum atomic E-state index is 10.6. The number of carbonyl (C=O) groups excluding carboxylic acids is 1. The second-order valence-corrected chi connectivity index (χ2v) is 4.02. The predicted octanol–water partition coefficient (Wildman–Crippen LogP) is 2.73. The summed E-state index contributed by atoms with van der Waals surface area (Å²) < 4.78 is 10.9. The molecule has 0 spiro atoms. The Kier molecular flexibility index (Phi) is 3.77. The Morgan fingerprint density at radius 1 is 1.39 bits per heavy atom. The van der Waals surface area contributed by atoms with E-state index in [0.717, 1.165) is 17.7 Å². The Labute approximate surface area is 106 Å². The van der Waals surface area contributed by atoms with Gasteiger partial charge in [0.15, 0.2) is 5.89 Å². The monoisotopic (exact) mass is 245 g/mol. The van der Waals surface area contributed by atoms with Crippen LogP contribution in [0.25, 0.3) is 0 Å². The molecule has 18 heavy (non-hydrogen) atoms. The van der Waals surface area contributed by atoms with Crippen LogP contribution in [0.5, 0.6) is 5.75 Å². The lowest BCUT2D eigenvalue weighted by Gasteiger charge is -2.05. The summed E-state index contributed by atoms with van der Waals surface area (Å²) >= 11 is 0. The first-order valence-corrected chi connectivity index (χ1v) is 5.80. The molecule has 1 aromatic heterocycles. The minimum atomic E-state index is 0.509. The molecule has 0 fully saturated rings. The van der Waals surface area contributed by atoms with E-state index in [1.54, 1.807) is 18.2 Å². The Bertz CT molecular complexity index is 546. The van der Waals surface area contributed by atoms with Gasteiger partial charge in [0, 0.05) is 18.9 Å². The largest absolute Gasteiger partial charge is 0.493 e. The molecule has 2 aromatic rings. The molecular weight excluding hydrogens is 230 g/mol. The molecule has 0 N–H and O–H groups in total. The summed E-state index contributed by atoms with van der Waals surface area (Å²) in [6, 6.07) is 7.08. The van der Waals surface area contributed by atoms with E-state index in [2.05, 4.69) is 4.98 Å². The molecule has 0 saturated carbocycles. The van der Waals surface area contributed by atoms with Gasteiger partial charge in [0.2, 0.25) is 0 Å². The molecule has 2 rings (SSSR count). The van der Waals surface area contributed by atoms with E-state index in [1.807, 2.05) is 19.9 Å². The minimum absolute atomic E-state index is 0.509. The number of nitrogens with zero attached hydrogens (tertiary/aromatic N) is 1. The van der Waals surface area contributed by atoms with E-state index in [1.165, 1.54) is 0 Å².